The Morgan fingerprint density at radius 3 is 2.58 bits per heavy atom. The lowest BCUT2D eigenvalue weighted by atomic mass is 9.88. The largest absolute Gasteiger partial charge is 0.448 e. The Balaban J connectivity index is 0.901. The number of carbonyl (C=O) groups excluding carboxylic acids is 3. The van der Waals surface area contributed by atoms with Crippen molar-refractivity contribution in [1.82, 2.24) is 34.7 Å². The standard InChI is InChI=1S/C42H34N8O5/c1-48-35-21-34(46-39(50-17-6-18-50)38(35)49(2)42(48)54)28-10-3-7-24-19-33(45-23-31(24)28)25-12-14-32(44-22-25)41(53)43-16-5-8-26-20-30-27(9-4-11-36(30)55-26)29-13-15-37(51)47-40(29)52/h3-4,7,9-12,14,19-23,29H,6,13,15-18H2,1-2H3,(H,43,53)(H,47,51,52). The van der Waals surface area contributed by atoms with Gasteiger partial charge in [0.15, 0.2) is 11.6 Å². The van der Waals surface area contributed by atoms with Crippen LogP contribution < -0.4 is 21.2 Å². The normalized spacial score (nSPS) is 15.5. The summed E-state index contributed by atoms with van der Waals surface area (Å²) in [6.45, 7) is 1.87. The van der Waals surface area contributed by atoms with Gasteiger partial charge in [-0.05, 0) is 60.0 Å². The highest BCUT2D eigenvalue weighted by Crippen LogP contribution is 2.36. The molecule has 55 heavy (non-hydrogen) atoms. The van der Waals surface area contributed by atoms with Gasteiger partial charge in [0.05, 0.1) is 29.4 Å². The average molecular weight is 731 g/mol. The third-order valence-corrected chi connectivity index (χ3v) is 10.5. The van der Waals surface area contributed by atoms with E-state index in [0.29, 0.717) is 23.5 Å². The van der Waals surface area contributed by atoms with Crippen LogP contribution in [0.3, 0.4) is 0 Å². The van der Waals surface area contributed by atoms with Crippen LogP contribution in [0.2, 0.25) is 0 Å². The highest BCUT2D eigenvalue weighted by Gasteiger charge is 2.30. The quantitative estimate of drug-likeness (QED) is 0.181. The minimum atomic E-state index is -0.440. The summed E-state index contributed by atoms with van der Waals surface area (Å²) < 4.78 is 9.22. The minimum Gasteiger partial charge on any atom is -0.448 e. The highest BCUT2D eigenvalue weighted by molar-refractivity contribution is 6.03. The zero-order chi connectivity index (χ0) is 37.8. The number of aryl methyl sites for hydroxylation is 2. The number of nitrogens with one attached hydrogen (secondary N) is 2. The number of pyridine rings is 3. The third kappa shape index (κ3) is 5.97. The number of amides is 3. The van der Waals surface area contributed by atoms with Gasteiger partial charge in [0.25, 0.3) is 5.91 Å². The van der Waals surface area contributed by atoms with E-state index in [2.05, 4.69) is 32.4 Å². The number of hydrogen-bond acceptors (Lipinski definition) is 9. The molecule has 0 spiro atoms. The number of anilines is 1. The number of piperidine rings is 1. The van der Waals surface area contributed by atoms with Crippen molar-refractivity contribution < 1.29 is 18.8 Å². The lowest BCUT2D eigenvalue weighted by Crippen LogP contribution is -2.39. The Labute approximate surface area is 314 Å². The van der Waals surface area contributed by atoms with Gasteiger partial charge in [-0.25, -0.2) is 9.78 Å². The summed E-state index contributed by atoms with van der Waals surface area (Å²) in [6.07, 6.45) is 5.27. The second-order valence-corrected chi connectivity index (χ2v) is 13.8. The Hall–Kier alpha value is -7.07. The molecule has 2 N–H and O–H groups in total. The van der Waals surface area contributed by atoms with Gasteiger partial charge in [0, 0.05) is 74.0 Å². The molecule has 7 aromatic rings. The van der Waals surface area contributed by atoms with E-state index in [0.717, 1.165) is 74.9 Å². The Morgan fingerprint density at radius 2 is 1.80 bits per heavy atom. The van der Waals surface area contributed by atoms with Crippen LogP contribution in [0.15, 0.2) is 88.3 Å². The van der Waals surface area contributed by atoms with E-state index < -0.39 is 5.92 Å². The van der Waals surface area contributed by atoms with E-state index in [9.17, 15) is 19.2 Å². The van der Waals surface area contributed by atoms with Crippen LogP contribution in [0.1, 0.15) is 47.0 Å². The van der Waals surface area contributed by atoms with Crippen molar-refractivity contribution in [3.8, 4) is 34.4 Å². The molecular weight excluding hydrogens is 697 g/mol. The van der Waals surface area contributed by atoms with Crippen LogP contribution in [0.25, 0.3) is 55.3 Å². The first kappa shape index (κ1) is 33.7. The van der Waals surface area contributed by atoms with Gasteiger partial charge in [0.1, 0.15) is 16.8 Å². The van der Waals surface area contributed by atoms with Crippen LogP contribution in [0, 0.1) is 11.8 Å². The average Bonchev–Trinajstić information content (AvgIpc) is 3.69. The molecule has 272 valence electrons. The van der Waals surface area contributed by atoms with Crippen molar-refractivity contribution in [1.29, 1.82) is 0 Å². The van der Waals surface area contributed by atoms with Crippen LogP contribution in [0.4, 0.5) is 5.82 Å². The molecule has 0 aliphatic carbocycles. The molecule has 2 aliphatic rings. The fourth-order valence-corrected chi connectivity index (χ4v) is 7.42. The van der Waals surface area contributed by atoms with Gasteiger partial charge >= 0.3 is 5.69 Å². The number of fused-ring (bicyclic) bond motifs is 3. The number of carbonyl (C=O) groups is 3. The molecule has 1 unspecified atom stereocenters. The van der Waals surface area contributed by atoms with Gasteiger partial charge in [0.2, 0.25) is 11.8 Å². The molecular formula is C42H34N8O5. The number of rotatable bonds is 6. The molecule has 7 heterocycles. The molecule has 13 heteroatoms. The SMILES string of the molecule is Cn1c(=O)n(C)c2c(N3CCC3)nc(-c3cccc4cc(-c5ccc(C(=O)NCC#Cc6cc7c(C8CCC(=O)NC8=O)cccc7o6)nc5)ncc34)cc21. The summed E-state index contributed by atoms with van der Waals surface area (Å²) in [5.41, 5.74) is 6.34. The summed E-state index contributed by atoms with van der Waals surface area (Å²) in [7, 11) is 3.58. The molecule has 2 fully saturated rings. The van der Waals surface area contributed by atoms with Crippen molar-refractivity contribution in [2.45, 2.75) is 25.2 Å². The Bertz CT molecular complexity index is 2850. The first-order valence-electron chi connectivity index (χ1n) is 18.0. The van der Waals surface area contributed by atoms with Crippen molar-refractivity contribution in [3.05, 3.63) is 107 Å². The lowest BCUT2D eigenvalue weighted by Gasteiger charge is -2.32. The Morgan fingerprint density at radius 1 is 0.945 bits per heavy atom. The van der Waals surface area contributed by atoms with Gasteiger partial charge in [-0.15, -0.1) is 0 Å². The van der Waals surface area contributed by atoms with Crippen LogP contribution in [-0.2, 0) is 23.7 Å². The number of aromatic nitrogens is 5. The van der Waals surface area contributed by atoms with Gasteiger partial charge in [-0.1, -0.05) is 36.3 Å². The fraction of sp³-hybridized carbons (Fsp3) is 0.214. The van der Waals surface area contributed by atoms with Crippen molar-refractivity contribution in [3.63, 3.8) is 0 Å². The summed E-state index contributed by atoms with van der Waals surface area (Å²) in [5.74, 6) is 5.68. The predicted molar refractivity (Wildman–Crippen MR) is 207 cm³/mol. The zero-order valence-electron chi connectivity index (χ0n) is 30.1. The first-order chi connectivity index (χ1) is 26.7. The van der Waals surface area contributed by atoms with Gasteiger partial charge in [-0.3, -0.25) is 38.8 Å². The summed E-state index contributed by atoms with van der Waals surface area (Å²) >= 11 is 0. The number of furan rings is 1. The molecule has 9 rings (SSSR count). The maximum absolute atomic E-state index is 12.9. The molecule has 5 aromatic heterocycles. The van der Waals surface area contributed by atoms with Crippen LogP contribution >= 0.6 is 0 Å². The minimum absolute atomic E-state index is 0.0652. The van der Waals surface area contributed by atoms with E-state index in [4.69, 9.17) is 14.4 Å². The second kappa shape index (κ2) is 13.4. The summed E-state index contributed by atoms with van der Waals surface area (Å²) in [4.78, 5) is 66.3. The topological polar surface area (TPSA) is 157 Å². The number of imide groups is 1. The molecule has 0 radical (unpaired) electrons. The summed E-state index contributed by atoms with van der Waals surface area (Å²) in [6, 6.07) is 20.7. The first-order valence-corrected chi connectivity index (χ1v) is 18.0. The maximum Gasteiger partial charge on any atom is 0.328 e. The van der Waals surface area contributed by atoms with Crippen LogP contribution in [-0.4, -0.2) is 61.4 Å². The maximum atomic E-state index is 12.9. The van der Waals surface area contributed by atoms with E-state index >= 15 is 0 Å². The molecule has 2 aliphatic heterocycles. The van der Waals surface area contributed by atoms with Gasteiger partial charge < -0.3 is 14.6 Å². The molecule has 13 nitrogen and oxygen atoms in total. The second-order valence-electron chi connectivity index (χ2n) is 13.8. The summed E-state index contributed by atoms with van der Waals surface area (Å²) in [5, 5.41) is 7.84. The van der Waals surface area contributed by atoms with E-state index in [1.54, 1.807) is 47.6 Å². The molecule has 0 bridgehead atoms. The predicted octanol–water partition coefficient (Wildman–Crippen LogP) is 4.81. The lowest BCUT2D eigenvalue weighted by molar-refractivity contribution is -0.134. The Kier molecular flexibility index (Phi) is 8.23. The van der Waals surface area contributed by atoms with Gasteiger partial charge in [-0.2, -0.15) is 0 Å². The number of imidazole rings is 1. The highest BCUT2D eigenvalue weighted by atomic mass is 16.3. The molecule has 3 amide bonds. The van der Waals surface area contributed by atoms with Crippen molar-refractivity contribution >= 4 is 56.3 Å². The smallest absolute Gasteiger partial charge is 0.328 e. The monoisotopic (exact) mass is 730 g/mol. The molecule has 2 saturated heterocycles. The number of nitrogens with zero attached hydrogens (tertiary/aromatic N) is 6. The van der Waals surface area contributed by atoms with Crippen LogP contribution in [0.5, 0.6) is 0 Å². The van der Waals surface area contributed by atoms with E-state index in [-0.39, 0.29) is 42.1 Å². The van der Waals surface area contributed by atoms with Crippen molar-refractivity contribution in [2.75, 3.05) is 24.5 Å². The number of benzene rings is 2. The number of hydrogen-bond donors (Lipinski definition) is 2. The van der Waals surface area contributed by atoms with Crippen molar-refractivity contribution in [2.24, 2.45) is 14.1 Å². The van der Waals surface area contributed by atoms with E-state index in [1.165, 1.54) is 0 Å². The molecule has 0 saturated carbocycles. The fourth-order valence-electron chi connectivity index (χ4n) is 7.42. The van der Waals surface area contributed by atoms with E-state index in [1.807, 2.05) is 54.7 Å². The zero-order valence-corrected chi connectivity index (χ0v) is 30.1. The third-order valence-electron chi connectivity index (χ3n) is 10.5. The molecule has 1 atom stereocenters. The molecule has 2 aromatic carbocycles.